The third kappa shape index (κ3) is 3.82. The number of ether oxygens (including phenoxy) is 1. The summed E-state index contributed by atoms with van der Waals surface area (Å²) in [6.07, 6.45) is 0.743. The van der Waals surface area contributed by atoms with E-state index in [4.69, 9.17) is 10.00 Å². The molecule has 1 amide bonds. The Hall–Kier alpha value is -2.35. The van der Waals surface area contributed by atoms with Crippen LogP contribution in [0.1, 0.15) is 36.2 Å². The number of rotatable bonds is 5. The molecule has 0 heterocycles. The van der Waals surface area contributed by atoms with E-state index in [2.05, 4.69) is 5.32 Å². The van der Waals surface area contributed by atoms with Gasteiger partial charge >= 0.3 is 5.97 Å². The molecular formula is C15H18N2O3. The lowest BCUT2D eigenvalue weighted by Crippen LogP contribution is -2.45. The van der Waals surface area contributed by atoms with Gasteiger partial charge in [0, 0.05) is 5.56 Å². The van der Waals surface area contributed by atoms with E-state index in [-0.39, 0.29) is 11.8 Å². The van der Waals surface area contributed by atoms with E-state index in [1.54, 1.807) is 24.3 Å². The van der Waals surface area contributed by atoms with Crippen molar-refractivity contribution in [2.75, 3.05) is 7.11 Å². The first-order chi connectivity index (χ1) is 9.53. The van der Waals surface area contributed by atoms with Crippen molar-refractivity contribution in [2.45, 2.75) is 26.3 Å². The lowest BCUT2D eigenvalue weighted by molar-refractivity contribution is -0.144. The molecule has 0 saturated heterocycles. The molecule has 20 heavy (non-hydrogen) atoms. The number of nitriles is 1. The van der Waals surface area contributed by atoms with E-state index in [1.807, 2.05) is 19.9 Å². The second-order valence-electron chi connectivity index (χ2n) is 4.55. The first-order valence-electron chi connectivity index (χ1n) is 6.42. The molecule has 2 atom stereocenters. The number of nitrogens with zero attached hydrogens (tertiary/aromatic N) is 1. The molecule has 0 aromatic heterocycles. The van der Waals surface area contributed by atoms with E-state index in [0.717, 1.165) is 6.42 Å². The lowest BCUT2D eigenvalue weighted by atomic mass is 9.98. The maximum absolute atomic E-state index is 12.1. The van der Waals surface area contributed by atoms with Gasteiger partial charge in [-0.25, -0.2) is 4.79 Å². The van der Waals surface area contributed by atoms with Gasteiger partial charge in [0.15, 0.2) is 0 Å². The normalized spacial score (nSPS) is 12.9. The zero-order valence-corrected chi connectivity index (χ0v) is 11.8. The molecule has 0 spiro atoms. The molecule has 5 nitrogen and oxygen atoms in total. The summed E-state index contributed by atoms with van der Waals surface area (Å²) in [7, 11) is 1.30. The molecule has 0 aliphatic carbocycles. The zero-order valence-electron chi connectivity index (χ0n) is 11.8. The van der Waals surface area contributed by atoms with Gasteiger partial charge in [0.2, 0.25) is 0 Å². The Morgan fingerprint density at radius 2 is 1.95 bits per heavy atom. The second-order valence-corrected chi connectivity index (χ2v) is 4.55. The topological polar surface area (TPSA) is 79.2 Å². The van der Waals surface area contributed by atoms with Gasteiger partial charge in [0.05, 0.1) is 18.7 Å². The van der Waals surface area contributed by atoms with Gasteiger partial charge in [0.25, 0.3) is 5.91 Å². The molecule has 0 aliphatic rings. The van der Waals surface area contributed by atoms with Gasteiger partial charge in [-0.2, -0.15) is 5.26 Å². The maximum Gasteiger partial charge on any atom is 0.328 e. The van der Waals surface area contributed by atoms with Gasteiger partial charge in [-0.1, -0.05) is 20.3 Å². The first kappa shape index (κ1) is 15.7. The van der Waals surface area contributed by atoms with Crippen LogP contribution >= 0.6 is 0 Å². The van der Waals surface area contributed by atoms with Gasteiger partial charge < -0.3 is 10.1 Å². The van der Waals surface area contributed by atoms with Crippen molar-refractivity contribution in [3.63, 3.8) is 0 Å². The highest BCUT2D eigenvalue weighted by molar-refractivity contribution is 5.96. The Bertz CT molecular complexity index is 517. The highest BCUT2D eigenvalue weighted by atomic mass is 16.5. The fraction of sp³-hybridized carbons (Fsp3) is 0.400. The van der Waals surface area contributed by atoms with Crippen molar-refractivity contribution < 1.29 is 14.3 Å². The Morgan fingerprint density at radius 1 is 1.35 bits per heavy atom. The molecular weight excluding hydrogens is 256 g/mol. The van der Waals surface area contributed by atoms with Crippen LogP contribution in [-0.2, 0) is 9.53 Å². The van der Waals surface area contributed by atoms with Gasteiger partial charge in [-0.15, -0.1) is 0 Å². The fourth-order valence-corrected chi connectivity index (χ4v) is 1.72. The molecule has 1 aromatic rings. The Morgan fingerprint density at radius 3 is 2.40 bits per heavy atom. The average molecular weight is 274 g/mol. The van der Waals surface area contributed by atoms with Crippen LogP contribution in [0.4, 0.5) is 0 Å². The quantitative estimate of drug-likeness (QED) is 0.831. The summed E-state index contributed by atoms with van der Waals surface area (Å²) >= 11 is 0. The standard InChI is InChI=1S/C15H18N2O3/c1-4-10(2)13(15(19)20-3)17-14(18)12-7-5-11(9-16)6-8-12/h5-8,10,13H,4H2,1-3H3,(H,17,18)/t10-,13-/m1/s1. The zero-order chi connectivity index (χ0) is 15.1. The third-order valence-electron chi connectivity index (χ3n) is 3.23. The third-order valence-corrected chi connectivity index (χ3v) is 3.23. The molecule has 0 bridgehead atoms. The Labute approximate surface area is 118 Å². The van der Waals surface area contributed by atoms with Crippen LogP contribution in [0.25, 0.3) is 0 Å². The largest absolute Gasteiger partial charge is 0.467 e. The summed E-state index contributed by atoms with van der Waals surface area (Å²) in [5, 5.41) is 11.4. The highest BCUT2D eigenvalue weighted by Crippen LogP contribution is 2.11. The second kappa shape index (κ2) is 7.29. The predicted molar refractivity (Wildman–Crippen MR) is 73.9 cm³/mol. The highest BCUT2D eigenvalue weighted by Gasteiger charge is 2.26. The molecule has 0 unspecified atom stereocenters. The summed E-state index contributed by atoms with van der Waals surface area (Å²) in [5.74, 6) is -0.837. The van der Waals surface area contributed by atoms with E-state index < -0.39 is 12.0 Å². The number of carbonyl (C=O) groups excluding carboxylic acids is 2. The number of amides is 1. The minimum Gasteiger partial charge on any atom is -0.467 e. The van der Waals surface area contributed by atoms with Gasteiger partial charge in [-0.3, -0.25) is 4.79 Å². The number of hydrogen-bond donors (Lipinski definition) is 1. The van der Waals surface area contributed by atoms with Gasteiger partial charge in [-0.05, 0) is 30.2 Å². The van der Waals surface area contributed by atoms with Crippen molar-refractivity contribution >= 4 is 11.9 Å². The molecule has 0 aliphatic heterocycles. The lowest BCUT2D eigenvalue weighted by Gasteiger charge is -2.21. The first-order valence-corrected chi connectivity index (χ1v) is 6.42. The van der Waals surface area contributed by atoms with E-state index in [0.29, 0.717) is 11.1 Å². The summed E-state index contributed by atoms with van der Waals surface area (Å²) in [6.45, 7) is 3.81. The van der Waals surface area contributed by atoms with Gasteiger partial charge in [0.1, 0.15) is 6.04 Å². The van der Waals surface area contributed by atoms with Crippen LogP contribution in [-0.4, -0.2) is 25.0 Å². The van der Waals surface area contributed by atoms with Crippen LogP contribution in [0.2, 0.25) is 0 Å². The van der Waals surface area contributed by atoms with Crippen molar-refractivity contribution in [3.8, 4) is 6.07 Å². The van der Waals surface area contributed by atoms with Crippen LogP contribution in [0.15, 0.2) is 24.3 Å². The summed E-state index contributed by atoms with van der Waals surface area (Å²) in [6, 6.07) is 7.54. The molecule has 5 heteroatoms. The molecule has 0 radical (unpaired) electrons. The number of carbonyl (C=O) groups is 2. The summed E-state index contributed by atoms with van der Waals surface area (Å²) < 4.78 is 4.71. The number of methoxy groups -OCH3 is 1. The van der Waals surface area contributed by atoms with E-state index in [9.17, 15) is 9.59 Å². The van der Waals surface area contributed by atoms with Crippen LogP contribution in [0.3, 0.4) is 0 Å². The van der Waals surface area contributed by atoms with Crippen molar-refractivity contribution in [3.05, 3.63) is 35.4 Å². The molecule has 1 rings (SSSR count). The van der Waals surface area contributed by atoms with E-state index in [1.165, 1.54) is 7.11 Å². The number of benzene rings is 1. The smallest absolute Gasteiger partial charge is 0.328 e. The molecule has 0 fully saturated rings. The number of nitrogens with one attached hydrogen (secondary N) is 1. The predicted octanol–water partition coefficient (Wildman–Crippen LogP) is 1.88. The number of esters is 1. The summed E-state index contributed by atoms with van der Waals surface area (Å²) in [4.78, 5) is 23.8. The number of hydrogen-bond acceptors (Lipinski definition) is 4. The Kier molecular flexibility index (Phi) is 5.73. The van der Waals surface area contributed by atoms with Crippen molar-refractivity contribution in [1.82, 2.24) is 5.32 Å². The minimum absolute atomic E-state index is 0.0234. The summed E-state index contributed by atoms with van der Waals surface area (Å²) in [5.41, 5.74) is 0.884. The Balaban J connectivity index is 2.84. The molecule has 0 saturated carbocycles. The van der Waals surface area contributed by atoms with Crippen molar-refractivity contribution in [1.29, 1.82) is 5.26 Å². The molecule has 1 N–H and O–H groups in total. The van der Waals surface area contributed by atoms with Crippen LogP contribution < -0.4 is 5.32 Å². The minimum atomic E-state index is -0.673. The fourth-order valence-electron chi connectivity index (χ4n) is 1.72. The average Bonchev–Trinajstić information content (AvgIpc) is 2.50. The SMILES string of the molecule is CC[C@@H](C)[C@@H](NC(=O)c1ccc(C#N)cc1)C(=O)OC. The van der Waals surface area contributed by atoms with Crippen LogP contribution in [0.5, 0.6) is 0 Å². The monoisotopic (exact) mass is 274 g/mol. The molecule has 1 aromatic carbocycles. The molecule has 106 valence electrons. The maximum atomic E-state index is 12.1. The van der Waals surface area contributed by atoms with Crippen molar-refractivity contribution in [2.24, 2.45) is 5.92 Å². The van der Waals surface area contributed by atoms with E-state index >= 15 is 0 Å². The van der Waals surface area contributed by atoms with Crippen LogP contribution in [0, 0.1) is 17.2 Å².